The maximum absolute atomic E-state index is 13.8. The molecular weight excluding hydrogens is 267 g/mol. The number of carbonyl (C=O) groups excluding carboxylic acids is 1. The van der Waals surface area contributed by atoms with Crippen molar-refractivity contribution in [2.75, 3.05) is 0 Å². The number of carbonyl (C=O) groups is 1. The summed E-state index contributed by atoms with van der Waals surface area (Å²) in [7, 11) is 0. The number of halogens is 2. The third kappa shape index (κ3) is 2.68. The molecule has 2 aromatic rings. The van der Waals surface area contributed by atoms with E-state index in [0.29, 0.717) is 6.54 Å². The molecule has 0 saturated heterocycles. The van der Waals surface area contributed by atoms with Crippen LogP contribution in [0.15, 0.2) is 24.4 Å². The van der Waals surface area contributed by atoms with Crippen LogP contribution in [0.2, 0.25) is 5.02 Å². The Bertz CT molecular complexity index is 622. The van der Waals surface area contributed by atoms with Crippen LogP contribution in [0.3, 0.4) is 0 Å². The van der Waals surface area contributed by atoms with Crippen molar-refractivity contribution in [2.24, 2.45) is 0 Å². The molecule has 2 rings (SSSR count). The minimum absolute atomic E-state index is 0.0275. The molecule has 0 aliphatic rings. The summed E-state index contributed by atoms with van der Waals surface area (Å²) in [5, 5.41) is 4.29. The number of aryl methyl sites for hydroxylation is 2. The first-order valence-corrected chi connectivity index (χ1v) is 6.44. The molecule has 0 N–H and O–H groups in total. The van der Waals surface area contributed by atoms with E-state index in [4.69, 9.17) is 11.6 Å². The Hall–Kier alpha value is -1.68. The highest BCUT2D eigenvalue weighted by atomic mass is 35.5. The minimum Gasteiger partial charge on any atom is -0.287 e. The molecule has 0 bridgehead atoms. The number of nitrogens with zero attached hydrogens (tertiary/aromatic N) is 2. The van der Waals surface area contributed by atoms with Crippen molar-refractivity contribution in [1.82, 2.24) is 9.78 Å². The van der Waals surface area contributed by atoms with Crippen LogP contribution in [0.25, 0.3) is 0 Å². The van der Waals surface area contributed by atoms with Gasteiger partial charge < -0.3 is 0 Å². The largest absolute Gasteiger partial charge is 0.287 e. The molecule has 3 nitrogen and oxygen atoms in total. The van der Waals surface area contributed by atoms with Gasteiger partial charge in [0.2, 0.25) is 5.78 Å². The fraction of sp³-hybridized carbons (Fsp3) is 0.286. The van der Waals surface area contributed by atoms with Gasteiger partial charge in [0.15, 0.2) is 0 Å². The van der Waals surface area contributed by atoms with Crippen molar-refractivity contribution >= 4 is 17.4 Å². The lowest BCUT2D eigenvalue weighted by Crippen LogP contribution is -2.13. The normalized spacial score (nSPS) is 10.7. The topological polar surface area (TPSA) is 34.9 Å². The van der Waals surface area contributed by atoms with Gasteiger partial charge in [-0.15, -0.1) is 0 Å². The summed E-state index contributed by atoms with van der Waals surface area (Å²) >= 11 is 5.99. The van der Waals surface area contributed by atoms with Crippen LogP contribution in [-0.4, -0.2) is 15.6 Å². The van der Waals surface area contributed by atoms with Gasteiger partial charge in [-0.2, -0.15) is 5.10 Å². The zero-order valence-corrected chi connectivity index (χ0v) is 11.5. The summed E-state index contributed by atoms with van der Waals surface area (Å²) < 4.78 is 15.3. The Morgan fingerprint density at radius 3 is 2.89 bits per heavy atom. The van der Waals surface area contributed by atoms with Crippen LogP contribution in [0.5, 0.6) is 0 Å². The van der Waals surface area contributed by atoms with E-state index in [-0.39, 0.29) is 16.3 Å². The molecule has 0 radical (unpaired) electrons. The SMILES string of the molecule is CCCn1ncc(Cl)c1C(=O)c1cc(C)ccc1F. The quantitative estimate of drug-likeness (QED) is 0.802. The van der Waals surface area contributed by atoms with Crippen LogP contribution in [0, 0.1) is 12.7 Å². The molecule has 0 amide bonds. The molecule has 0 saturated carbocycles. The predicted molar refractivity (Wildman–Crippen MR) is 72.1 cm³/mol. The Morgan fingerprint density at radius 1 is 1.47 bits per heavy atom. The molecule has 19 heavy (non-hydrogen) atoms. The van der Waals surface area contributed by atoms with E-state index in [1.165, 1.54) is 23.0 Å². The van der Waals surface area contributed by atoms with Crippen molar-refractivity contribution in [3.63, 3.8) is 0 Å². The number of benzene rings is 1. The van der Waals surface area contributed by atoms with Gasteiger partial charge in [-0.05, 0) is 25.5 Å². The van der Waals surface area contributed by atoms with E-state index < -0.39 is 11.6 Å². The second-order valence-electron chi connectivity index (χ2n) is 4.38. The van der Waals surface area contributed by atoms with Gasteiger partial charge >= 0.3 is 0 Å². The molecule has 0 aliphatic heterocycles. The zero-order valence-electron chi connectivity index (χ0n) is 10.8. The fourth-order valence-electron chi connectivity index (χ4n) is 1.91. The second-order valence-corrected chi connectivity index (χ2v) is 4.78. The van der Waals surface area contributed by atoms with Crippen LogP contribution in [-0.2, 0) is 6.54 Å². The standard InChI is InChI=1S/C14H14ClFN2O/c1-3-6-18-13(11(15)8-17-18)14(19)10-7-9(2)4-5-12(10)16/h4-5,7-8H,3,6H2,1-2H3. The first kappa shape index (κ1) is 13.7. The van der Waals surface area contributed by atoms with Crippen LogP contribution in [0.4, 0.5) is 4.39 Å². The van der Waals surface area contributed by atoms with E-state index in [0.717, 1.165) is 12.0 Å². The predicted octanol–water partition coefficient (Wildman–Crippen LogP) is 3.63. The number of hydrogen-bond acceptors (Lipinski definition) is 2. The van der Waals surface area contributed by atoms with E-state index >= 15 is 0 Å². The van der Waals surface area contributed by atoms with Crippen LogP contribution in [0.1, 0.15) is 35.0 Å². The Balaban J connectivity index is 2.49. The van der Waals surface area contributed by atoms with Crippen molar-refractivity contribution in [2.45, 2.75) is 26.8 Å². The average Bonchev–Trinajstić information content (AvgIpc) is 2.73. The van der Waals surface area contributed by atoms with Crippen molar-refractivity contribution in [1.29, 1.82) is 0 Å². The fourth-order valence-corrected chi connectivity index (χ4v) is 2.14. The van der Waals surface area contributed by atoms with Gasteiger partial charge in [-0.25, -0.2) is 4.39 Å². The third-order valence-electron chi connectivity index (χ3n) is 2.81. The third-order valence-corrected chi connectivity index (χ3v) is 3.09. The van der Waals surface area contributed by atoms with E-state index in [9.17, 15) is 9.18 Å². The Labute approximate surface area is 116 Å². The smallest absolute Gasteiger partial charge is 0.215 e. The zero-order chi connectivity index (χ0) is 14.0. The van der Waals surface area contributed by atoms with Gasteiger partial charge in [0.05, 0.1) is 16.8 Å². The van der Waals surface area contributed by atoms with E-state index in [1.807, 2.05) is 6.92 Å². The molecule has 1 heterocycles. The average molecular weight is 281 g/mol. The minimum atomic E-state index is -0.545. The van der Waals surface area contributed by atoms with Crippen molar-refractivity contribution in [3.05, 3.63) is 52.1 Å². The summed E-state index contributed by atoms with van der Waals surface area (Å²) in [6, 6.07) is 4.44. The number of rotatable bonds is 4. The summed E-state index contributed by atoms with van der Waals surface area (Å²) in [4.78, 5) is 12.4. The Morgan fingerprint density at radius 2 is 2.21 bits per heavy atom. The number of hydrogen-bond donors (Lipinski definition) is 0. The maximum Gasteiger partial charge on any atom is 0.215 e. The molecule has 0 atom stereocenters. The summed E-state index contributed by atoms with van der Waals surface area (Å²) in [6.07, 6.45) is 2.23. The molecule has 0 fully saturated rings. The van der Waals surface area contributed by atoms with Gasteiger partial charge in [0.25, 0.3) is 0 Å². The summed E-state index contributed by atoms with van der Waals surface area (Å²) in [5.41, 5.74) is 1.09. The highest BCUT2D eigenvalue weighted by Crippen LogP contribution is 2.21. The first-order chi connectivity index (χ1) is 9.04. The van der Waals surface area contributed by atoms with Gasteiger partial charge in [0.1, 0.15) is 11.5 Å². The maximum atomic E-state index is 13.8. The number of ketones is 1. The molecule has 0 aliphatic carbocycles. The van der Waals surface area contributed by atoms with Crippen molar-refractivity contribution < 1.29 is 9.18 Å². The van der Waals surface area contributed by atoms with Gasteiger partial charge in [-0.1, -0.05) is 30.2 Å². The number of aromatic nitrogens is 2. The molecule has 0 unspecified atom stereocenters. The molecule has 1 aromatic carbocycles. The van der Waals surface area contributed by atoms with Crippen molar-refractivity contribution in [3.8, 4) is 0 Å². The van der Waals surface area contributed by atoms with E-state index in [1.54, 1.807) is 13.0 Å². The monoisotopic (exact) mass is 280 g/mol. The Kier molecular flexibility index (Phi) is 4.00. The molecular formula is C14H14ClFN2O. The lowest BCUT2D eigenvalue weighted by atomic mass is 10.0. The van der Waals surface area contributed by atoms with E-state index in [2.05, 4.69) is 5.10 Å². The highest BCUT2D eigenvalue weighted by Gasteiger charge is 2.21. The van der Waals surface area contributed by atoms with Crippen LogP contribution >= 0.6 is 11.6 Å². The molecule has 1 aromatic heterocycles. The first-order valence-electron chi connectivity index (χ1n) is 6.06. The molecule has 5 heteroatoms. The van der Waals surface area contributed by atoms with Crippen LogP contribution < -0.4 is 0 Å². The lowest BCUT2D eigenvalue weighted by molar-refractivity contribution is 0.102. The molecule has 100 valence electrons. The lowest BCUT2D eigenvalue weighted by Gasteiger charge is -2.07. The van der Waals surface area contributed by atoms with Gasteiger partial charge in [-0.3, -0.25) is 9.48 Å². The summed E-state index contributed by atoms with van der Waals surface area (Å²) in [6.45, 7) is 4.35. The summed E-state index contributed by atoms with van der Waals surface area (Å²) in [5.74, 6) is -0.979. The highest BCUT2D eigenvalue weighted by molar-refractivity contribution is 6.34. The second kappa shape index (κ2) is 5.53. The molecule has 0 spiro atoms. The van der Waals surface area contributed by atoms with Gasteiger partial charge in [0, 0.05) is 6.54 Å².